The van der Waals surface area contributed by atoms with E-state index in [1.807, 2.05) is 6.07 Å². The molecule has 2 amide bonds. The molecule has 1 aromatic rings. The van der Waals surface area contributed by atoms with Gasteiger partial charge in [-0.25, -0.2) is 9.18 Å². The third kappa shape index (κ3) is 6.59. The van der Waals surface area contributed by atoms with E-state index < -0.39 is 41.6 Å². The van der Waals surface area contributed by atoms with Crippen molar-refractivity contribution >= 4 is 17.8 Å². The second-order valence-electron chi connectivity index (χ2n) is 5.75. The van der Waals surface area contributed by atoms with E-state index in [0.29, 0.717) is 5.56 Å². The predicted octanol–water partition coefficient (Wildman–Crippen LogP) is 0.992. The van der Waals surface area contributed by atoms with Crippen molar-refractivity contribution in [3.63, 3.8) is 0 Å². The summed E-state index contributed by atoms with van der Waals surface area (Å²) in [6.07, 6.45) is -0.0475. The molecule has 0 fully saturated rings. The molecule has 0 radical (unpaired) electrons. The maximum absolute atomic E-state index is 13.3. The molecule has 3 N–H and O–H groups in total. The average molecular weight is 349 g/mol. The fourth-order valence-corrected chi connectivity index (χ4v) is 2.32. The Morgan fingerprint density at radius 3 is 2.52 bits per heavy atom. The maximum Gasteiger partial charge on any atom is 0.326 e. The predicted molar refractivity (Wildman–Crippen MR) is 86.7 cm³/mol. The molecule has 8 heteroatoms. The normalized spacial score (nSPS) is 13.8. The third-order valence-corrected chi connectivity index (χ3v) is 3.57. The molecule has 0 spiro atoms. The fraction of sp³-hybridized carbons (Fsp3) is 0.412. The first kappa shape index (κ1) is 20.1. The number of benzene rings is 1. The summed E-state index contributed by atoms with van der Waals surface area (Å²) in [7, 11) is 0. The molecule has 0 saturated heterocycles. The molecule has 7 nitrogen and oxygen atoms in total. The van der Waals surface area contributed by atoms with Gasteiger partial charge in [0, 0.05) is 25.7 Å². The van der Waals surface area contributed by atoms with Crippen molar-refractivity contribution in [1.82, 2.24) is 10.6 Å². The van der Waals surface area contributed by atoms with Crippen LogP contribution in [-0.4, -0.2) is 35.0 Å². The fourth-order valence-electron chi connectivity index (χ4n) is 2.32. The highest BCUT2D eigenvalue weighted by atomic mass is 19.1. The van der Waals surface area contributed by atoms with E-state index in [1.54, 1.807) is 6.07 Å². The van der Waals surface area contributed by atoms with Gasteiger partial charge in [-0.15, -0.1) is 0 Å². The van der Waals surface area contributed by atoms with Crippen LogP contribution in [0.1, 0.15) is 25.8 Å². The largest absolute Gasteiger partial charge is 0.480 e. The van der Waals surface area contributed by atoms with Gasteiger partial charge < -0.3 is 15.7 Å². The van der Waals surface area contributed by atoms with Gasteiger partial charge in [0.15, 0.2) is 0 Å². The van der Waals surface area contributed by atoms with E-state index in [9.17, 15) is 23.9 Å². The van der Waals surface area contributed by atoms with Crippen LogP contribution in [0.25, 0.3) is 0 Å². The Bertz CT molecular complexity index is 687. The van der Waals surface area contributed by atoms with Crippen LogP contribution in [0.15, 0.2) is 24.3 Å². The molecular formula is C17H20FN3O4. The molecule has 0 aliphatic rings. The van der Waals surface area contributed by atoms with Gasteiger partial charge >= 0.3 is 5.97 Å². The molecule has 0 aliphatic carbocycles. The molecular weight excluding hydrogens is 329 g/mol. The lowest BCUT2D eigenvalue weighted by molar-refractivity contribution is -0.143. The number of carboxylic acids is 1. The molecule has 1 aromatic carbocycles. The van der Waals surface area contributed by atoms with Gasteiger partial charge in [0.25, 0.3) is 0 Å². The summed E-state index contributed by atoms with van der Waals surface area (Å²) in [6.45, 7) is 2.75. The molecule has 134 valence electrons. The van der Waals surface area contributed by atoms with E-state index in [0.717, 1.165) is 0 Å². The Morgan fingerprint density at radius 2 is 2.00 bits per heavy atom. The molecule has 0 heterocycles. The third-order valence-electron chi connectivity index (χ3n) is 3.57. The van der Waals surface area contributed by atoms with Crippen molar-refractivity contribution in [3.05, 3.63) is 35.6 Å². The van der Waals surface area contributed by atoms with Gasteiger partial charge in [0.1, 0.15) is 17.9 Å². The summed E-state index contributed by atoms with van der Waals surface area (Å²) in [5, 5.41) is 22.7. The second kappa shape index (κ2) is 9.37. The number of amides is 2. The number of nitrogens with zero attached hydrogens (tertiary/aromatic N) is 1. The van der Waals surface area contributed by atoms with Gasteiger partial charge in [-0.2, -0.15) is 5.26 Å². The van der Waals surface area contributed by atoms with Gasteiger partial charge in [0.2, 0.25) is 11.8 Å². The molecule has 0 aromatic heterocycles. The highest BCUT2D eigenvalue weighted by Gasteiger charge is 2.30. The number of carbonyl (C=O) groups is 3. The quantitative estimate of drug-likeness (QED) is 0.647. The van der Waals surface area contributed by atoms with Crippen LogP contribution in [0.4, 0.5) is 4.39 Å². The Balaban J connectivity index is 2.93. The van der Waals surface area contributed by atoms with Crippen LogP contribution < -0.4 is 10.6 Å². The molecule has 0 unspecified atom stereocenters. The van der Waals surface area contributed by atoms with Crippen LogP contribution in [-0.2, 0) is 20.8 Å². The van der Waals surface area contributed by atoms with Crippen molar-refractivity contribution in [2.24, 2.45) is 5.92 Å². The molecule has 0 bridgehead atoms. The van der Waals surface area contributed by atoms with Gasteiger partial charge in [0.05, 0.1) is 6.07 Å². The number of nitriles is 1. The van der Waals surface area contributed by atoms with Crippen LogP contribution >= 0.6 is 0 Å². The van der Waals surface area contributed by atoms with Crippen LogP contribution in [0.3, 0.4) is 0 Å². The van der Waals surface area contributed by atoms with Crippen molar-refractivity contribution in [3.8, 4) is 6.07 Å². The lowest BCUT2D eigenvalue weighted by atomic mass is 9.98. The molecule has 3 atom stereocenters. The first-order chi connectivity index (χ1) is 11.7. The highest BCUT2D eigenvalue weighted by molar-refractivity contribution is 5.90. The summed E-state index contributed by atoms with van der Waals surface area (Å²) in [6, 6.07) is 5.08. The van der Waals surface area contributed by atoms with Gasteiger partial charge in [-0.1, -0.05) is 19.1 Å². The van der Waals surface area contributed by atoms with Crippen LogP contribution in [0, 0.1) is 23.1 Å². The lowest BCUT2D eigenvalue weighted by Gasteiger charge is -2.23. The minimum atomic E-state index is -1.27. The number of nitrogens with one attached hydrogen (secondary N) is 2. The van der Waals surface area contributed by atoms with Crippen molar-refractivity contribution in [2.45, 2.75) is 38.8 Å². The van der Waals surface area contributed by atoms with E-state index in [4.69, 9.17) is 5.26 Å². The molecule has 25 heavy (non-hydrogen) atoms. The van der Waals surface area contributed by atoms with E-state index >= 15 is 0 Å². The van der Waals surface area contributed by atoms with Crippen LogP contribution in [0.5, 0.6) is 0 Å². The Morgan fingerprint density at radius 1 is 1.32 bits per heavy atom. The number of hydrogen-bond donors (Lipinski definition) is 3. The first-order valence-corrected chi connectivity index (χ1v) is 7.66. The van der Waals surface area contributed by atoms with E-state index in [2.05, 4.69) is 10.6 Å². The van der Waals surface area contributed by atoms with Gasteiger partial charge in [-0.05, 0) is 17.7 Å². The van der Waals surface area contributed by atoms with E-state index in [1.165, 1.54) is 32.0 Å². The average Bonchev–Trinajstić information content (AvgIpc) is 2.51. The summed E-state index contributed by atoms with van der Waals surface area (Å²) < 4.78 is 13.3. The zero-order valence-electron chi connectivity index (χ0n) is 14.0. The monoisotopic (exact) mass is 349 g/mol. The lowest BCUT2D eigenvalue weighted by Crippen LogP contribution is -2.53. The maximum atomic E-state index is 13.3. The minimum Gasteiger partial charge on any atom is -0.480 e. The Labute approximate surface area is 144 Å². The number of halogens is 1. The second-order valence-corrected chi connectivity index (χ2v) is 5.75. The van der Waals surface area contributed by atoms with Gasteiger partial charge in [-0.3, -0.25) is 9.59 Å². The number of aliphatic carboxylic acids is 1. The molecule has 1 rings (SSSR count). The van der Waals surface area contributed by atoms with Crippen molar-refractivity contribution < 1.29 is 23.9 Å². The summed E-state index contributed by atoms with van der Waals surface area (Å²) in [4.78, 5) is 35.1. The SMILES string of the molecule is CC(=O)N[C@H](Cc1cccc(F)c1)C(=O)N[C@H](C(=O)O)[C@H](C)CC#N. The van der Waals surface area contributed by atoms with Crippen LogP contribution in [0.2, 0.25) is 0 Å². The van der Waals surface area contributed by atoms with Crippen molar-refractivity contribution in [1.29, 1.82) is 5.26 Å². The Kier molecular flexibility index (Phi) is 7.53. The number of carboxylic acid groups (broad SMARTS) is 1. The summed E-state index contributed by atoms with van der Waals surface area (Å²) in [5.74, 6) is -3.56. The molecule has 0 aliphatic heterocycles. The zero-order chi connectivity index (χ0) is 19.0. The first-order valence-electron chi connectivity index (χ1n) is 7.66. The summed E-state index contributed by atoms with van der Waals surface area (Å²) >= 11 is 0. The number of hydrogen-bond acceptors (Lipinski definition) is 4. The highest BCUT2D eigenvalue weighted by Crippen LogP contribution is 2.10. The number of rotatable bonds is 8. The zero-order valence-corrected chi connectivity index (χ0v) is 14.0. The standard InChI is InChI=1S/C17H20FN3O4/c1-10(6-7-19)15(17(24)25)21-16(23)14(20-11(2)22)9-12-4-3-5-13(18)8-12/h3-5,8,10,14-15H,6,9H2,1-2H3,(H,20,22)(H,21,23)(H,24,25)/t10-,14-,15+/m1/s1. The smallest absolute Gasteiger partial charge is 0.326 e. The van der Waals surface area contributed by atoms with E-state index in [-0.39, 0.29) is 12.8 Å². The summed E-state index contributed by atoms with van der Waals surface area (Å²) in [5.41, 5.74) is 0.478. The number of carbonyl (C=O) groups excluding carboxylic acids is 2. The topological polar surface area (TPSA) is 119 Å². The molecule has 0 saturated carbocycles. The minimum absolute atomic E-state index is 0.00213. The van der Waals surface area contributed by atoms with Crippen molar-refractivity contribution in [2.75, 3.05) is 0 Å². The Hall–Kier alpha value is -2.95.